The molecule has 0 aromatic heterocycles. The minimum atomic E-state index is 0.579. The van der Waals surface area contributed by atoms with Crippen LogP contribution in [0.3, 0.4) is 0 Å². The van der Waals surface area contributed by atoms with E-state index in [9.17, 15) is 0 Å². The molecule has 1 aliphatic rings. The largest absolute Gasteiger partial charge is 0.233 e. The molecule has 1 rings (SSSR count). The van der Waals surface area contributed by atoms with Gasteiger partial charge in [-0.15, -0.1) is 0 Å². The van der Waals surface area contributed by atoms with Gasteiger partial charge in [-0.25, -0.2) is 9.56 Å². The Hall–Kier alpha value is 0.780. The third-order valence-electron chi connectivity index (χ3n) is 2.45. The molecule has 0 aromatic carbocycles. The van der Waals surface area contributed by atoms with Gasteiger partial charge in [0.1, 0.15) is 0 Å². The normalized spacial score (nSPS) is 27.4. The maximum Gasteiger partial charge on any atom is 0.0825 e. The second kappa shape index (κ2) is 10.3. The van der Waals surface area contributed by atoms with Gasteiger partial charge in [0.25, 0.3) is 0 Å². The van der Waals surface area contributed by atoms with Gasteiger partial charge in [-0.05, 0) is 19.0 Å². The van der Waals surface area contributed by atoms with Crippen molar-refractivity contribution in [1.29, 1.82) is 0 Å². The third-order valence-corrected chi connectivity index (χ3v) is 4.83. The van der Waals surface area contributed by atoms with Crippen molar-refractivity contribution in [3.05, 3.63) is 0 Å². The summed E-state index contributed by atoms with van der Waals surface area (Å²) in [6.45, 7) is 0.789. The molecule has 2 atom stereocenters. The number of rotatable bonds is 0. The highest BCUT2D eigenvalue weighted by Crippen LogP contribution is 2.38. The van der Waals surface area contributed by atoms with Crippen molar-refractivity contribution < 1.29 is 9.56 Å². The van der Waals surface area contributed by atoms with Crippen molar-refractivity contribution in [2.45, 2.75) is 51.4 Å². The van der Waals surface area contributed by atoms with Crippen LogP contribution in [0.2, 0.25) is 0 Å². The zero-order chi connectivity index (χ0) is 9.90. The molecule has 14 heavy (non-hydrogen) atoms. The Morgan fingerprint density at radius 2 is 1.36 bits per heavy atom. The fourth-order valence-electron chi connectivity index (χ4n) is 1.59. The highest BCUT2D eigenvalue weighted by molar-refractivity contribution is 8.09. The molecule has 0 radical (unpaired) electrons. The third kappa shape index (κ3) is 8.12. The molecule has 84 valence electrons. The molecule has 4 heteroatoms. The van der Waals surface area contributed by atoms with Gasteiger partial charge in [-0.1, -0.05) is 46.8 Å². The highest BCUT2D eigenvalue weighted by Gasteiger charge is 1.96. The first-order chi connectivity index (χ1) is 7.00. The Labute approximate surface area is 91.0 Å². The van der Waals surface area contributed by atoms with Crippen LogP contribution >= 0.6 is 16.8 Å². The van der Waals surface area contributed by atoms with Crippen LogP contribution in [-0.2, 0) is 9.56 Å². The van der Waals surface area contributed by atoms with Crippen molar-refractivity contribution in [1.82, 2.24) is 0 Å². The molecule has 0 amide bonds. The van der Waals surface area contributed by atoms with Crippen LogP contribution in [0.5, 0.6) is 0 Å². The van der Waals surface area contributed by atoms with E-state index in [-0.39, 0.29) is 0 Å². The minimum Gasteiger partial charge on any atom is -0.233 e. The van der Waals surface area contributed by atoms with E-state index >= 15 is 0 Å². The molecule has 1 saturated heterocycles. The lowest BCUT2D eigenvalue weighted by Crippen LogP contribution is -1.91. The minimum absolute atomic E-state index is 0.579. The summed E-state index contributed by atoms with van der Waals surface area (Å²) in [5.41, 5.74) is 0. The van der Waals surface area contributed by atoms with E-state index in [4.69, 9.17) is 9.56 Å². The standard InChI is InChI=1S/C10H22O2P2/c1-2-4-6-8-10-13-14-12-11-9-7-5-3-1/h13-14H,1-10H2. The second-order valence-corrected chi connectivity index (χ2v) is 6.66. The van der Waals surface area contributed by atoms with Crippen LogP contribution < -0.4 is 0 Å². The van der Waals surface area contributed by atoms with Crippen LogP contribution in [0.1, 0.15) is 51.4 Å². The fraction of sp³-hybridized carbons (Fsp3) is 1.00. The molecule has 1 fully saturated rings. The van der Waals surface area contributed by atoms with E-state index in [0.717, 1.165) is 21.3 Å². The first-order valence-corrected chi connectivity index (χ1v) is 8.88. The fourth-order valence-corrected chi connectivity index (χ4v) is 3.51. The van der Waals surface area contributed by atoms with Crippen molar-refractivity contribution in [3.63, 3.8) is 0 Å². The first kappa shape index (κ1) is 12.8. The average molecular weight is 236 g/mol. The lowest BCUT2D eigenvalue weighted by Gasteiger charge is -2.06. The van der Waals surface area contributed by atoms with Crippen LogP contribution in [0.4, 0.5) is 0 Å². The van der Waals surface area contributed by atoms with E-state index < -0.39 is 0 Å². The van der Waals surface area contributed by atoms with E-state index in [1.165, 1.54) is 51.1 Å². The second-order valence-electron chi connectivity index (χ2n) is 3.76. The lowest BCUT2D eigenvalue weighted by atomic mass is 10.1. The predicted molar refractivity (Wildman–Crippen MR) is 65.5 cm³/mol. The summed E-state index contributed by atoms with van der Waals surface area (Å²) < 4.78 is 5.12. The molecule has 0 saturated carbocycles. The van der Waals surface area contributed by atoms with Gasteiger partial charge in [0, 0.05) is 0 Å². The summed E-state index contributed by atoms with van der Waals surface area (Å²) in [5, 5.41) is 0. The predicted octanol–water partition coefficient (Wildman–Crippen LogP) is 4.26. The summed E-state index contributed by atoms with van der Waals surface area (Å²) in [6, 6.07) is 0. The van der Waals surface area contributed by atoms with Gasteiger partial charge >= 0.3 is 0 Å². The quantitative estimate of drug-likeness (QED) is 0.462. The highest BCUT2D eigenvalue weighted by atomic mass is 32.0. The van der Waals surface area contributed by atoms with E-state index in [0.29, 0.717) is 8.50 Å². The summed E-state index contributed by atoms with van der Waals surface area (Å²) in [5.74, 6) is 0. The smallest absolute Gasteiger partial charge is 0.0825 e. The topological polar surface area (TPSA) is 18.5 Å². The maximum absolute atomic E-state index is 5.12. The number of hydrogen-bond acceptors (Lipinski definition) is 2. The molecule has 0 spiro atoms. The van der Waals surface area contributed by atoms with Crippen molar-refractivity contribution in [3.8, 4) is 0 Å². The van der Waals surface area contributed by atoms with E-state index in [1.54, 1.807) is 0 Å². The van der Waals surface area contributed by atoms with E-state index in [1.807, 2.05) is 0 Å². The summed E-state index contributed by atoms with van der Waals surface area (Å²) in [4.78, 5) is 5.10. The molecule has 1 aliphatic heterocycles. The van der Waals surface area contributed by atoms with Crippen molar-refractivity contribution in [2.24, 2.45) is 0 Å². The lowest BCUT2D eigenvalue weighted by molar-refractivity contribution is -0.194. The molecule has 0 bridgehead atoms. The van der Waals surface area contributed by atoms with Crippen LogP contribution in [0.25, 0.3) is 0 Å². The molecule has 0 aliphatic carbocycles. The average Bonchev–Trinajstić information content (AvgIpc) is 2.22. The Bertz CT molecular complexity index is 69.4. The number of hydrogen-bond donors (Lipinski definition) is 0. The van der Waals surface area contributed by atoms with Gasteiger partial charge < -0.3 is 0 Å². The zero-order valence-electron chi connectivity index (χ0n) is 8.89. The molecule has 2 unspecified atom stereocenters. The van der Waals surface area contributed by atoms with Crippen molar-refractivity contribution >= 4 is 16.8 Å². The van der Waals surface area contributed by atoms with Gasteiger partial charge in [0.05, 0.1) is 15.1 Å². The maximum atomic E-state index is 5.12. The van der Waals surface area contributed by atoms with Gasteiger partial charge in [-0.2, -0.15) is 0 Å². The summed E-state index contributed by atoms with van der Waals surface area (Å²) in [7, 11) is 1.53. The zero-order valence-corrected chi connectivity index (χ0v) is 10.9. The van der Waals surface area contributed by atoms with E-state index in [2.05, 4.69) is 0 Å². The molecular formula is C10H22O2P2. The first-order valence-electron chi connectivity index (χ1n) is 5.76. The molecule has 1 heterocycles. The van der Waals surface area contributed by atoms with Gasteiger partial charge in [-0.3, -0.25) is 0 Å². The van der Waals surface area contributed by atoms with Crippen LogP contribution in [0.15, 0.2) is 0 Å². The van der Waals surface area contributed by atoms with Gasteiger partial charge in [0.15, 0.2) is 0 Å². The van der Waals surface area contributed by atoms with Crippen molar-refractivity contribution in [2.75, 3.05) is 12.8 Å². The Morgan fingerprint density at radius 3 is 2.14 bits per heavy atom. The monoisotopic (exact) mass is 236 g/mol. The SMILES string of the molecule is C1CCCCCPPOOCCCC1. The van der Waals surface area contributed by atoms with Crippen LogP contribution in [0, 0.1) is 0 Å². The Balaban J connectivity index is 2.00. The van der Waals surface area contributed by atoms with Gasteiger partial charge in [0.2, 0.25) is 0 Å². The molecule has 0 N–H and O–H groups in total. The molecule has 2 nitrogen and oxygen atoms in total. The summed E-state index contributed by atoms with van der Waals surface area (Å²) in [6.07, 6.45) is 12.2. The summed E-state index contributed by atoms with van der Waals surface area (Å²) >= 11 is 0. The Kier molecular flexibility index (Phi) is 9.45. The van der Waals surface area contributed by atoms with Crippen LogP contribution in [-0.4, -0.2) is 12.8 Å². The molecular weight excluding hydrogens is 214 g/mol. The Morgan fingerprint density at radius 1 is 0.714 bits per heavy atom. The molecule has 0 aromatic rings.